The average Bonchev–Trinajstić information content (AvgIpc) is 3.27. The monoisotopic (exact) mass is 410 g/mol. The van der Waals surface area contributed by atoms with Gasteiger partial charge in [-0.2, -0.15) is 22.8 Å². The Morgan fingerprint density at radius 2 is 1.96 bits per heavy atom. The van der Waals surface area contributed by atoms with Crippen LogP contribution in [0.3, 0.4) is 0 Å². The number of hydrogen-bond donors (Lipinski definition) is 0. The van der Waals surface area contributed by atoms with Gasteiger partial charge < -0.3 is 0 Å². The lowest BCUT2D eigenvalue weighted by Crippen LogP contribution is -2.11. The highest BCUT2D eigenvalue weighted by Gasteiger charge is 2.38. The van der Waals surface area contributed by atoms with Crippen LogP contribution < -0.4 is 0 Å². The number of pyridine rings is 1. The van der Waals surface area contributed by atoms with Gasteiger partial charge in [0.1, 0.15) is 5.01 Å². The summed E-state index contributed by atoms with van der Waals surface area (Å²) < 4.78 is 39.7. The van der Waals surface area contributed by atoms with Crippen molar-refractivity contribution in [3.05, 3.63) is 35.5 Å². The van der Waals surface area contributed by atoms with Crippen molar-refractivity contribution in [1.29, 1.82) is 0 Å². The van der Waals surface area contributed by atoms with E-state index >= 15 is 0 Å². The van der Waals surface area contributed by atoms with E-state index in [9.17, 15) is 13.2 Å². The fourth-order valence-corrected chi connectivity index (χ4v) is 4.63. The minimum atomic E-state index is -4.61. The van der Waals surface area contributed by atoms with Gasteiger partial charge in [-0.15, -0.1) is 21.5 Å². The minimum absolute atomic E-state index is 0.0980. The van der Waals surface area contributed by atoms with Gasteiger partial charge in [-0.25, -0.2) is 4.98 Å². The molecule has 140 valence electrons. The molecule has 0 radical (unpaired) electrons. The summed E-state index contributed by atoms with van der Waals surface area (Å²) in [7, 11) is 0. The Morgan fingerprint density at radius 3 is 2.70 bits per heavy atom. The van der Waals surface area contributed by atoms with Gasteiger partial charge in [0.15, 0.2) is 5.01 Å². The van der Waals surface area contributed by atoms with Crippen molar-refractivity contribution in [3.63, 3.8) is 0 Å². The molecule has 4 aromatic heterocycles. The molecule has 0 amide bonds. The molecular weight excluding hydrogens is 397 g/mol. The van der Waals surface area contributed by atoms with Gasteiger partial charge in [0.25, 0.3) is 5.82 Å². The van der Waals surface area contributed by atoms with E-state index < -0.39 is 12.0 Å². The van der Waals surface area contributed by atoms with Crippen molar-refractivity contribution in [1.82, 2.24) is 29.8 Å². The van der Waals surface area contributed by atoms with E-state index in [0.29, 0.717) is 10.7 Å². The van der Waals surface area contributed by atoms with Crippen LogP contribution in [0.4, 0.5) is 13.2 Å². The maximum absolute atomic E-state index is 13.0. The molecule has 4 aromatic rings. The van der Waals surface area contributed by atoms with Crippen molar-refractivity contribution in [2.24, 2.45) is 0 Å². The molecule has 6 nitrogen and oxygen atoms in total. The molecule has 0 fully saturated rings. The third kappa shape index (κ3) is 3.32. The van der Waals surface area contributed by atoms with Crippen molar-refractivity contribution in [2.45, 2.75) is 32.9 Å². The summed E-state index contributed by atoms with van der Waals surface area (Å²) in [6.45, 7) is 3.90. The largest absolute Gasteiger partial charge is 0.453 e. The molecule has 0 saturated carbocycles. The van der Waals surface area contributed by atoms with Crippen LogP contribution >= 0.6 is 22.7 Å². The van der Waals surface area contributed by atoms with Gasteiger partial charge in [0.05, 0.1) is 10.6 Å². The zero-order valence-corrected chi connectivity index (χ0v) is 15.9. The maximum atomic E-state index is 13.0. The molecule has 0 aliphatic carbocycles. The zero-order chi connectivity index (χ0) is 19.2. The second-order valence-electron chi connectivity index (χ2n) is 5.84. The lowest BCUT2D eigenvalue weighted by molar-refractivity contribution is -0.146. The van der Waals surface area contributed by atoms with Gasteiger partial charge in [-0.1, -0.05) is 24.7 Å². The molecule has 0 bridgehead atoms. The van der Waals surface area contributed by atoms with Crippen molar-refractivity contribution in [2.75, 3.05) is 0 Å². The van der Waals surface area contributed by atoms with Gasteiger partial charge in [-0.3, -0.25) is 4.98 Å². The Balaban J connectivity index is 1.75. The summed E-state index contributed by atoms with van der Waals surface area (Å²) in [6.07, 6.45) is -0.990. The number of aromatic nitrogens is 6. The van der Waals surface area contributed by atoms with Crippen LogP contribution in [0.25, 0.3) is 25.4 Å². The highest BCUT2D eigenvalue weighted by Crippen LogP contribution is 2.38. The second-order valence-corrected chi connectivity index (χ2v) is 7.80. The lowest BCUT2D eigenvalue weighted by Gasteiger charge is -2.00. The fraction of sp³-hybridized carbons (Fsp3) is 0.312. The lowest BCUT2D eigenvalue weighted by atomic mass is 10.2. The van der Waals surface area contributed by atoms with E-state index in [0.717, 1.165) is 49.8 Å². The average molecular weight is 410 g/mol. The molecule has 0 N–H and O–H groups in total. The van der Waals surface area contributed by atoms with Gasteiger partial charge in [0.2, 0.25) is 4.96 Å². The van der Waals surface area contributed by atoms with Crippen molar-refractivity contribution >= 4 is 27.6 Å². The first kappa shape index (κ1) is 18.0. The molecule has 27 heavy (non-hydrogen) atoms. The summed E-state index contributed by atoms with van der Waals surface area (Å²) in [6, 6.07) is 3.87. The Kier molecular flexibility index (Phi) is 4.42. The first-order valence-electron chi connectivity index (χ1n) is 8.09. The van der Waals surface area contributed by atoms with Crippen LogP contribution in [0.2, 0.25) is 0 Å². The molecular formula is C16H13F3N6S2. The maximum Gasteiger partial charge on any atom is 0.453 e. The predicted molar refractivity (Wildman–Crippen MR) is 96.7 cm³/mol. The van der Waals surface area contributed by atoms with E-state index in [1.807, 2.05) is 19.1 Å². The van der Waals surface area contributed by atoms with Crippen LogP contribution in [0, 0.1) is 6.92 Å². The Hall–Kier alpha value is -2.40. The van der Waals surface area contributed by atoms with E-state index in [1.54, 1.807) is 6.20 Å². The molecule has 0 unspecified atom stereocenters. The summed E-state index contributed by atoms with van der Waals surface area (Å²) in [4.78, 5) is 9.73. The molecule has 4 heterocycles. The summed E-state index contributed by atoms with van der Waals surface area (Å²) in [5.74, 6) is -1.12. The molecule has 0 aliphatic heterocycles. The molecule has 0 saturated heterocycles. The van der Waals surface area contributed by atoms with E-state index in [-0.39, 0.29) is 4.96 Å². The number of aryl methyl sites for hydroxylation is 2. The molecule has 4 rings (SSSR count). The molecule has 11 heteroatoms. The highest BCUT2D eigenvalue weighted by molar-refractivity contribution is 7.25. The molecule has 0 atom stereocenters. The number of hydrogen-bond acceptors (Lipinski definition) is 7. The van der Waals surface area contributed by atoms with Crippen LogP contribution in [0.5, 0.6) is 0 Å². The fourth-order valence-electron chi connectivity index (χ4n) is 2.61. The number of fused-ring (bicyclic) bond motifs is 1. The summed E-state index contributed by atoms with van der Waals surface area (Å²) in [5, 5.41) is 12.1. The zero-order valence-electron chi connectivity index (χ0n) is 14.3. The topological polar surface area (TPSA) is 68.9 Å². The quantitative estimate of drug-likeness (QED) is 0.490. The number of alkyl halides is 3. The van der Waals surface area contributed by atoms with Crippen LogP contribution in [-0.4, -0.2) is 29.8 Å². The van der Waals surface area contributed by atoms with Crippen LogP contribution in [-0.2, 0) is 12.6 Å². The highest BCUT2D eigenvalue weighted by atomic mass is 32.1. The van der Waals surface area contributed by atoms with E-state index in [4.69, 9.17) is 0 Å². The molecule has 0 aliphatic rings. The minimum Gasteiger partial charge on any atom is -0.261 e. The Labute approximate surface area is 159 Å². The summed E-state index contributed by atoms with van der Waals surface area (Å²) >= 11 is 2.45. The normalized spacial score (nSPS) is 12.2. The molecule has 0 aromatic carbocycles. The van der Waals surface area contributed by atoms with Crippen molar-refractivity contribution in [3.8, 4) is 20.5 Å². The van der Waals surface area contributed by atoms with E-state index in [1.165, 1.54) is 11.3 Å². The number of halogens is 3. The standard InChI is InChI=1S/C16H13F3N6S2/c1-3-4-10-7-9(5-6-20-10)12-21-8(2)11(26-12)13-24-25-14(16(17,18)19)22-23-15(25)27-13/h5-7H,3-4H2,1-2H3. The molecule has 0 spiro atoms. The second kappa shape index (κ2) is 6.64. The smallest absolute Gasteiger partial charge is 0.261 e. The van der Waals surface area contributed by atoms with Gasteiger partial charge in [-0.05, 0) is 25.5 Å². The SMILES string of the molecule is CCCc1cc(-c2nc(C)c(-c3nn4c(C(F)(F)F)nnc4s3)s2)ccn1. The predicted octanol–water partition coefficient (Wildman–Crippen LogP) is 4.65. The van der Waals surface area contributed by atoms with Crippen molar-refractivity contribution < 1.29 is 13.2 Å². The number of rotatable bonds is 4. The summed E-state index contributed by atoms with van der Waals surface area (Å²) in [5.41, 5.74) is 2.63. The third-order valence-electron chi connectivity index (χ3n) is 3.80. The van der Waals surface area contributed by atoms with Crippen LogP contribution in [0.15, 0.2) is 18.3 Å². The van der Waals surface area contributed by atoms with E-state index in [2.05, 4.69) is 32.2 Å². The Bertz CT molecular complexity index is 1110. The van der Waals surface area contributed by atoms with Gasteiger partial charge in [0, 0.05) is 17.5 Å². The third-order valence-corrected chi connectivity index (χ3v) is 6.06. The van der Waals surface area contributed by atoms with Gasteiger partial charge >= 0.3 is 6.18 Å². The first-order valence-corrected chi connectivity index (χ1v) is 9.72. The van der Waals surface area contributed by atoms with Crippen LogP contribution in [0.1, 0.15) is 30.6 Å². The first-order chi connectivity index (χ1) is 12.9. The Morgan fingerprint density at radius 1 is 1.15 bits per heavy atom. The number of nitrogens with zero attached hydrogens (tertiary/aromatic N) is 6. The number of thiazole rings is 1.